The van der Waals surface area contributed by atoms with Gasteiger partial charge in [0.2, 0.25) is 5.95 Å². The van der Waals surface area contributed by atoms with E-state index in [1.165, 1.54) is 0 Å². The number of benzene rings is 2. The molecule has 0 spiro atoms. The number of aromatic nitrogens is 2. The Morgan fingerprint density at radius 1 is 0.882 bits per heavy atom. The molecule has 1 saturated heterocycles. The predicted octanol–water partition coefficient (Wildman–Crippen LogP) is 4.47. The first kappa shape index (κ1) is 24.7. The van der Waals surface area contributed by atoms with Crippen LogP contribution in [0.1, 0.15) is 5.56 Å². The summed E-state index contributed by atoms with van der Waals surface area (Å²) in [6.45, 7) is 3.51. The van der Waals surface area contributed by atoms with Gasteiger partial charge in [-0.25, -0.2) is 9.97 Å². The second kappa shape index (κ2) is 10.5. The minimum absolute atomic E-state index is 0.143. The van der Waals surface area contributed by atoms with Crippen LogP contribution in [0.3, 0.4) is 0 Å². The van der Waals surface area contributed by atoms with Crippen molar-refractivity contribution >= 4 is 39.3 Å². The van der Waals surface area contributed by atoms with Crippen molar-refractivity contribution in [1.29, 1.82) is 0 Å². The van der Waals surface area contributed by atoms with Gasteiger partial charge < -0.3 is 14.5 Å². The molecule has 4 rings (SSSR count). The summed E-state index contributed by atoms with van der Waals surface area (Å²) in [5, 5.41) is 0.964. The van der Waals surface area contributed by atoms with Gasteiger partial charge in [0.25, 0.3) is 10.1 Å². The van der Waals surface area contributed by atoms with Gasteiger partial charge in [-0.1, -0.05) is 23.2 Å². The van der Waals surface area contributed by atoms with E-state index < -0.39 is 10.1 Å². The zero-order chi connectivity index (χ0) is 24.3. The van der Waals surface area contributed by atoms with Crippen LogP contribution in [0.15, 0.2) is 48.8 Å². The quantitative estimate of drug-likeness (QED) is 0.420. The van der Waals surface area contributed by atoms with Gasteiger partial charge in [-0.05, 0) is 60.1 Å². The Bertz CT molecular complexity index is 1240. The highest BCUT2D eigenvalue weighted by atomic mass is 35.5. The molecule has 0 unspecified atom stereocenters. The van der Waals surface area contributed by atoms with Crippen LogP contribution in [-0.2, 0) is 20.9 Å². The number of ether oxygens (including phenoxy) is 1. The molecule has 2 aromatic carbocycles. The first-order chi connectivity index (χ1) is 16.1. The normalized spacial score (nSPS) is 14.9. The zero-order valence-electron chi connectivity index (χ0n) is 18.7. The highest BCUT2D eigenvalue weighted by molar-refractivity contribution is 7.85. The number of nitrogens with zero attached hydrogens (tertiary/aromatic N) is 4. The summed E-state index contributed by atoms with van der Waals surface area (Å²) < 4.78 is 34.0. The lowest BCUT2D eigenvalue weighted by Gasteiger charge is -2.32. The molecule has 1 aliphatic rings. The summed E-state index contributed by atoms with van der Waals surface area (Å²) >= 11 is 12.3. The number of rotatable bonds is 7. The molecule has 1 fully saturated rings. The van der Waals surface area contributed by atoms with Crippen LogP contribution in [0, 0.1) is 0 Å². The number of hydrogen-bond donors (Lipinski definition) is 0. The predicted molar refractivity (Wildman–Crippen MR) is 133 cm³/mol. The second-order valence-electron chi connectivity index (χ2n) is 8.10. The number of hydrogen-bond acceptors (Lipinski definition) is 8. The van der Waals surface area contributed by atoms with Gasteiger partial charge in [0.05, 0.1) is 25.3 Å². The lowest BCUT2D eigenvalue weighted by molar-refractivity contribution is 0.311. The Labute approximate surface area is 209 Å². The largest absolute Gasteiger partial charge is 0.454 e. The molecule has 0 saturated carbocycles. The van der Waals surface area contributed by atoms with Crippen molar-refractivity contribution in [2.75, 3.05) is 44.4 Å². The molecule has 180 valence electrons. The van der Waals surface area contributed by atoms with Crippen molar-refractivity contribution in [3.63, 3.8) is 0 Å². The van der Waals surface area contributed by atoms with Crippen LogP contribution in [0.4, 0.5) is 5.95 Å². The number of likely N-dealkylation sites (N-methyl/N-ethyl adjacent to an activating group) is 1. The lowest BCUT2D eigenvalue weighted by atomic mass is 10.0. The molecular formula is C23H24Cl2N4O4S. The molecule has 11 heteroatoms. The smallest absolute Gasteiger partial charge is 0.264 e. The van der Waals surface area contributed by atoms with E-state index in [1.54, 1.807) is 48.8 Å². The van der Waals surface area contributed by atoms with Crippen molar-refractivity contribution < 1.29 is 17.3 Å². The van der Waals surface area contributed by atoms with E-state index in [1.807, 2.05) is 0 Å². The molecule has 2 heterocycles. The monoisotopic (exact) mass is 522 g/mol. The fraction of sp³-hybridized carbons (Fsp3) is 0.304. The molecule has 1 aliphatic heterocycles. The minimum Gasteiger partial charge on any atom is -0.454 e. The van der Waals surface area contributed by atoms with E-state index in [2.05, 4.69) is 26.8 Å². The molecule has 34 heavy (non-hydrogen) atoms. The number of piperazine rings is 1. The summed E-state index contributed by atoms with van der Waals surface area (Å²) in [6, 6.07) is 10.5. The maximum atomic E-state index is 11.5. The summed E-state index contributed by atoms with van der Waals surface area (Å²) in [6.07, 6.45) is 4.25. The molecule has 8 nitrogen and oxygen atoms in total. The number of anilines is 1. The first-order valence-corrected chi connectivity index (χ1v) is 13.1. The Kier molecular flexibility index (Phi) is 7.59. The summed E-state index contributed by atoms with van der Waals surface area (Å²) in [5.41, 5.74) is 2.10. The van der Waals surface area contributed by atoms with Gasteiger partial charge >= 0.3 is 0 Å². The molecule has 1 aromatic heterocycles. The fourth-order valence-electron chi connectivity index (χ4n) is 3.53. The van der Waals surface area contributed by atoms with E-state index in [0.29, 0.717) is 33.1 Å². The standard InChI is InChI=1S/C23H24Cl2N4O4S/c1-28-3-5-29(6-4-28)23-26-13-22(14-27-23)33-21-8-16(15-32-34(2,30)31)7-17(11-21)18-9-19(24)12-20(25)10-18/h7-14H,3-6,15H2,1-2H3. The van der Waals surface area contributed by atoms with Crippen LogP contribution in [0.25, 0.3) is 11.1 Å². The zero-order valence-corrected chi connectivity index (χ0v) is 21.1. The third-order valence-electron chi connectivity index (χ3n) is 5.24. The van der Waals surface area contributed by atoms with Crippen molar-refractivity contribution in [2.24, 2.45) is 0 Å². The molecule has 0 aliphatic carbocycles. The SMILES string of the molecule is CN1CCN(c2ncc(Oc3cc(COS(C)(=O)=O)cc(-c4cc(Cl)cc(Cl)c4)c3)cn2)CC1. The van der Waals surface area contributed by atoms with Crippen molar-refractivity contribution in [2.45, 2.75) is 6.61 Å². The molecule has 3 aromatic rings. The van der Waals surface area contributed by atoms with Crippen LogP contribution >= 0.6 is 23.2 Å². The van der Waals surface area contributed by atoms with Gasteiger partial charge in [0, 0.05) is 36.2 Å². The van der Waals surface area contributed by atoms with Crippen molar-refractivity contribution in [1.82, 2.24) is 14.9 Å². The topological polar surface area (TPSA) is 84.9 Å². The number of halogens is 2. The second-order valence-corrected chi connectivity index (χ2v) is 10.6. The van der Waals surface area contributed by atoms with E-state index in [9.17, 15) is 8.42 Å². The van der Waals surface area contributed by atoms with Crippen LogP contribution in [0.5, 0.6) is 11.5 Å². The van der Waals surface area contributed by atoms with E-state index in [0.717, 1.165) is 43.6 Å². The minimum atomic E-state index is -3.61. The molecule has 0 amide bonds. The van der Waals surface area contributed by atoms with Gasteiger partial charge in [-0.3, -0.25) is 4.18 Å². The van der Waals surface area contributed by atoms with E-state index in [4.69, 9.17) is 32.1 Å². The third kappa shape index (κ3) is 6.80. The van der Waals surface area contributed by atoms with Crippen molar-refractivity contribution in [3.05, 3.63) is 64.4 Å². The maximum Gasteiger partial charge on any atom is 0.264 e. The van der Waals surface area contributed by atoms with Crippen LogP contribution in [-0.4, -0.2) is 62.8 Å². The molecule has 0 N–H and O–H groups in total. The molecule has 0 radical (unpaired) electrons. The average molecular weight is 523 g/mol. The molecule has 0 atom stereocenters. The van der Waals surface area contributed by atoms with Gasteiger partial charge in [0.15, 0.2) is 5.75 Å². The third-order valence-corrected chi connectivity index (χ3v) is 6.22. The van der Waals surface area contributed by atoms with Crippen LogP contribution in [0.2, 0.25) is 10.0 Å². The van der Waals surface area contributed by atoms with Gasteiger partial charge in [-0.2, -0.15) is 8.42 Å². The molecular weight excluding hydrogens is 499 g/mol. The first-order valence-electron chi connectivity index (χ1n) is 10.5. The lowest BCUT2D eigenvalue weighted by Crippen LogP contribution is -2.45. The van der Waals surface area contributed by atoms with Crippen LogP contribution < -0.4 is 9.64 Å². The van der Waals surface area contributed by atoms with Gasteiger partial charge in [-0.15, -0.1) is 0 Å². The fourth-order valence-corrected chi connectivity index (χ4v) is 4.41. The molecule has 0 bridgehead atoms. The summed E-state index contributed by atoms with van der Waals surface area (Å²) in [4.78, 5) is 13.3. The average Bonchev–Trinajstić information content (AvgIpc) is 2.78. The highest BCUT2D eigenvalue weighted by Crippen LogP contribution is 2.32. The van der Waals surface area contributed by atoms with E-state index in [-0.39, 0.29) is 6.61 Å². The van der Waals surface area contributed by atoms with E-state index >= 15 is 0 Å². The van der Waals surface area contributed by atoms with Crippen molar-refractivity contribution in [3.8, 4) is 22.6 Å². The summed E-state index contributed by atoms with van der Waals surface area (Å²) in [7, 11) is -1.52. The Morgan fingerprint density at radius 2 is 1.50 bits per heavy atom. The highest BCUT2D eigenvalue weighted by Gasteiger charge is 2.16. The summed E-state index contributed by atoms with van der Waals surface area (Å²) in [5.74, 6) is 1.58. The Balaban J connectivity index is 1.59. The Morgan fingerprint density at radius 3 is 2.12 bits per heavy atom. The van der Waals surface area contributed by atoms with Gasteiger partial charge in [0.1, 0.15) is 5.75 Å². The Hall–Kier alpha value is -2.43. The maximum absolute atomic E-state index is 11.5.